The lowest BCUT2D eigenvalue weighted by atomic mass is 9.97. The number of rotatable bonds is 13. The van der Waals surface area contributed by atoms with Crippen LogP contribution in [-0.2, 0) is 32.0 Å². The fourth-order valence-electron chi connectivity index (χ4n) is 4.84. The summed E-state index contributed by atoms with van der Waals surface area (Å²) in [6.07, 6.45) is 4.47. The van der Waals surface area contributed by atoms with Crippen LogP contribution in [0.1, 0.15) is 31.4 Å². The molecule has 2 aromatic carbocycles. The van der Waals surface area contributed by atoms with E-state index in [9.17, 15) is 24.3 Å². The number of para-hydroxylation sites is 2. The highest BCUT2D eigenvalue weighted by Crippen LogP contribution is 2.20. The maximum Gasteiger partial charge on any atom is 0.326 e. The van der Waals surface area contributed by atoms with Crippen LogP contribution in [0.2, 0.25) is 0 Å². The van der Waals surface area contributed by atoms with E-state index in [1.165, 1.54) is 0 Å². The Morgan fingerprint density at radius 3 is 1.98 bits per heavy atom. The molecule has 216 valence electrons. The number of hydrogen-bond acceptors (Lipinski definition) is 5. The number of aromatic nitrogens is 2. The van der Waals surface area contributed by atoms with Gasteiger partial charge in [-0.15, -0.1) is 0 Å². The van der Waals surface area contributed by atoms with E-state index in [2.05, 4.69) is 25.9 Å². The van der Waals surface area contributed by atoms with E-state index < -0.39 is 48.4 Å². The van der Waals surface area contributed by atoms with Crippen molar-refractivity contribution in [1.29, 1.82) is 0 Å². The fourth-order valence-corrected chi connectivity index (χ4v) is 4.84. The molecule has 11 heteroatoms. The van der Waals surface area contributed by atoms with Crippen molar-refractivity contribution in [2.45, 2.75) is 51.2 Å². The van der Waals surface area contributed by atoms with E-state index in [4.69, 9.17) is 5.73 Å². The Kier molecular flexibility index (Phi) is 9.41. The van der Waals surface area contributed by atoms with Gasteiger partial charge in [-0.25, -0.2) is 4.79 Å². The molecular formula is C30H36N6O5. The van der Waals surface area contributed by atoms with Crippen molar-refractivity contribution >= 4 is 45.5 Å². The Hall–Kier alpha value is -4.64. The molecule has 0 aliphatic carbocycles. The number of nitrogens with one attached hydrogen (secondary N) is 5. The minimum atomic E-state index is -1.19. The van der Waals surface area contributed by atoms with Crippen molar-refractivity contribution in [3.05, 3.63) is 72.1 Å². The molecule has 0 bridgehead atoms. The smallest absolute Gasteiger partial charge is 0.326 e. The summed E-state index contributed by atoms with van der Waals surface area (Å²) in [7, 11) is 0. The van der Waals surface area contributed by atoms with E-state index in [0.29, 0.717) is 6.42 Å². The molecule has 0 aliphatic rings. The van der Waals surface area contributed by atoms with Crippen LogP contribution in [0.15, 0.2) is 60.9 Å². The number of aromatic amines is 2. The van der Waals surface area contributed by atoms with Gasteiger partial charge < -0.3 is 36.8 Å². The molecule has 2 aromatic heterocycles. The first-order valence-corrected chi connectivity index (χ1v) is 13.6. The van der Waals surface area contributed by atoms with Crippen LogP contribution in [0.3, 0.4) is 0 Å². The third kappa shape index (κ3) is 7.12. The summed E-state index contributed by atoms with van der Waals surface area (Å²) in [5.41, 5.74) is 9.66. The van der Waals surface area contributed by atoms with Crippen molar-refractivity contribution in [3.63, 3.8) is 0 Å². The molecule has 0 saturated carbocycles. The van der Waals surface area contributed by atoms with Gasteiger partial charge in [0.05, 0.1) is 12.6 Å². The number of fused-ring (bicyclic) bond motifs is 2. The average molecular weight is 561 g/mol. The molecule has 2 heterocycles. The fraction of sp³-hybridized carbons (Fsp3) is 0.333. The predicted molar refractivity (Wildman–Crippen MR) is 156 cm³/mol. The summed E-state index contributed by atoms with van der Waals surface area (Å²) in [5.74, 6) is -3.12. The van der Waals surface area contributed by atoms with Gasteiger partial charge in [0, 0.05) is 40.6 Å². The molecule has 3 amide bonds. The minimum Gasteiger partial charge on any atom is -0.480 e. The Morgan fingerprint density at radius 2 is 1.41 bits per heavy atom. The van der Waals surface area contributed by atoms with Gasteiger partial charge in [0.1, 0.15) is 12.1 Å². The molecule has 0 saturated heterocycles. The predicted octanol–water partition coefficient (Wildman–Crippen LogP) is 1.98. The highest BCUT2D eigenvalue weighted by molar-refractivity contribution is 5.93. The summed E-state index contributed by atoms with van der Waals surface area (Å²) in [6, 6.07) is 12.2. The van der Waals surface area contributed by atoms with E-state index >= 15 is 0 Å². The maximum atomic E-state index is 13.0. The van der Waals surface area contributed by atoms with Gasteiger partial charge in [0.25, 0.3) is 0 Å². The first kappa shape index (κ1) is 29.3. The number of aliphatic carboxylic acids is 1. The summed E-state index contributed by atoms with van der Waals surface area (Å²) >= 11 is 0. The van der Waals surface area contributed by atoms with Gasteiger partial charge in [-0.05, 0) is 35.6 Å². The third-order valence-electron chi connectivity index (χ3n) is 7.40. The maximum absolute atomic E-state index is 13.0. The quantitative estimate of drug-likeness (QED) is 0.131. The Labute approximate surface area is 237 Å². The molecule has 8 N–H and O–H groups in total. The van der Waals surface area contributed by atoms with Crippen LogP contribution >= 0.6 is 0 Å². The van der Waals surface area contributed by atoms with Crippen molar-refractivity contribution in [2.75, 3.05) is 6.54 Å². The summed E-state index contributed by atoms with van der Waals surface area (Å²) in [4.78, 5) is 56.8. The summed E-state index contributed by atoms with van der Waals surface area (Å²) < 4.78 is 0. The van der Waals surface area contributed by atoms with Gasteiger partial charge in [-0.2, -0.15) is 0 Å². The summed E-state index contributed by atoms with van der Waals surface area (Å²) in [5, 5.41) is 19.3. The first-order chi connectivity index (χ1) is 19.7. The standard InChI is InChI=1S/C30H36N6O5/c1-3-17(2)27(36-28(38)22(31)12-18-14-32-23-10-6-4-8-20(18)23)29(39)34-16-26(37)35-25(30(40)41)13-19-15-33-24-11-7-5-9-21(19)24/h4-11,14-15,17,22,25,27,32-33H,3,12-13,16,31H2,1-2H3,(H,34,39)(H,35,37)(H,36,38)(H,40,41). The largest absolute Gasteiger partial charge is 0.480 e. The van der Waals surface area contributed by atoms with E-state index in [1.54, 1.807) is 6.20 Å². The first-order valence-electron chi connectivity index (χ1n) is 13.6. The molecule has 41 heavy (non-hydrogen) atoms. The molecule has 4 aromatic rings. The number of amides is 3. The number of nitrogens with two attached hydrogens (primary N) is 1. The lowest BCUT2D eigenvalue weighted by Crippen LogP contribution is -2.56. The van der Waals surface area contributed by atoms with Crippen molar-refractivity contribution in [2.24, 2.45) is 11.7 Å². The topological polar surface area (TPSA) is 182 Å². The minimum absolute atomic E-state index is 0.0684. The zero-order valence-electron chi connectivity index (χ0n) is 23.1. The highest BCUT2D eigenvalue weighted by atomic mass is 16.4. The molecule has 4 rings (SSSR count). The van der Waals surface area contributed by atoms with E-state index in [0.717, 1.165) is 32.9 Å². The number of H-pyrrole nitrogens is 2. The summed E-state index contributed by atoms with van der Waals surface area (Å²) in [6.45, 7) is 3.26. The Bertz CT molecular complexity index is 1540. The molecule has 0 spiro atoms. The van der Waals surface area contributed by atoms with Crippen LogP contribution in [0.4, 0.5) is 0 Å². The molecule has 4 unspecified atom stereocenters. The SMILES string of the molecule is CCC(C)C(NC(=O)C(N)Cc1c[nH]c2ccccc12)C(=O)NCC(=O)NC(Cc1c[nH]c2ccccc12)C(=O)O. The van der Waals surface area contributed by atoms with Gasteiger partial charge in [0.15, 0.2) is 0 Å². The van der Waals surface area contributed by atoms with E-state index in [-0.39, 0.29) is 18.8 Å². The van der Waals surface area contributed by atoms with Crippen molar-refractivity contribution in [3.8, 4) is 0 Å². The van der Waals surface area contributed by atoms with Gasteiger partial charge in [-0.1, -0.05) is 56.7 Å². The highest BCUT2D eigenvalue weighted by Gasteiger charge is 2.29. The van der Waals surface area contributed by atoms with E-state index in [1.807, 2.05) is 68.6 Å². The van der Waals surface area contributed by atoms with Crippen LogP contribution in [0, 0.1) is 5.92 Å². The number of carboxylic acids is 1. The van der Waals surface area contributed by atoms with Gasteiger partial charge in [0.2, 0.25) is 17.7 Å². The van der Waals surface area contributed by atoms with Crippen LogP contribution in [0.5, 0.6) is 0 Å². The molecule has 0 aliphatic heterocycles. The van der Waals surface area contributed by atoms with Gasteiger partial charge in [-0.3, -0.25) is 14.4 Å². The van der Waals surface area contributed by atoms with Crippen LogP contribution < -0.4 is 21.7 Å². The van der Waals surface area contributed by atoms with Crippen molar-refractivity contribution < 1.29 is 24.3 Å². The lowest BCUT2D eigenvalue weighted by molar-refractivity contribution is -0.141. The number of benzene rings is 2. The second kappa shape index (κ2) is 13.1. The monoisotopic (exact) mass is 560 g/mol. The lowest BCUT2D eigenvalue weighted by Gasteiger charge is -2.25. The van der Waals surface area contributed by atoms with Crippen LogP contribution in [0.25, 0.3) is 21.8 Å². The average Bonchev–Trinajstić information content (AvgIpc) is 3.57. The molecular weight excluding hydrogens is 524 g/mol. The second-order valence-electron chi connectivity index (χ2n) is 10.3. The second-order valence-corrected chi connectivity index (χ2v) is 10.3. The third-order valence-corrected chi connectivity index (χ3v) is 7.40. The Balaban J connectivity index is 1.33. The number of hydrogen-bond donors (Lipinski definition) is 7. The number of carbonyl (C=O) groups excluding carboxylic acids is 3. The zero-order chi connectivity index (χ0) is 29.5. The van der Waals surface area contributed by atoms with Crippen LogP contribution in [-0.4, -0.2) is 63.4 Å². The molecule has 4 atom stereocenters. The number of carboxylic acid groups (broad SMARTS) is 1. The molecule has 11 nitrogen and oxygen atoms in total. The van der Waals surface area contributed by atoms with Crippen molar-refractivity contribution in [1.82, 2.24) is 25.9 Å². The normalized spacial score (nSPS) is 14.2. The molecule has 0 radical (unpaired) electrons. The Morgan fingerprint density at radius 1 is 0.854 bits per heavy atom. The molecule has 0 fully saturated rings. The van der Waals surface area contributed by atoms with Gasteiger partial charge >= 0.3 is 5.97 Å². The zero-order valence-corrected chi connectivity index (χ0v) is 23.1. The number of carbonyl (C=O) groups is 4.